The summed E-state index contributed by atoms with van der Waals surface area (Å²) in [6.45, 7) is 4.11. The zero-order valence-electron chi connectivity index (χ0n) is 10.9. The molecule has 0 amide bonds. The fraction of sp³-hybridized carbons (Fsp3) is 0.538. The van der Waals surface area contributed by atoms with Gasteiger partial charge in [-0.2, -0.15) is 0 Å². The first-order chi connectivity index (χ1) is 8.04. The van der Waals surface area contributed by atoms with Crippen molar-refractivity contribution in [3.05, 3.63) is 17.7 Å². The lowest BCUT2D eigenvalue weighted by Gasteiger charge is -2.20. The lowest BCUT2D eigenvalue weighted by Crippen LogP contribution is -2.05. The summed E-state index contributed by atoms with van der Waals surface area (Å²) in [4.78, 5) is 0. The predicted molar refractivity (Wildman–Crippen MR) is 69.5 cm³/mol. The molecule has 1 atom stereocenters. The topological polar surface area (TPSA) is 27.7 Å². The Morgan fingerprint density at radius 2 is 1.41 bits per heavy atom. The molecule has 1 rings (SSSR count). The third-order valence-corrected chi connectivity index (χ3v) is 3.34. The zero-order valence-corrected chi connectivity index (χ0v) is 11.7. The molecule has 3 nitrogen and oxygen atoms in total. The van der Waals surface area contributed by atoms with E-state index >= 15 is 0 Å². The van der Waals surface area contributed by atoms with E-state index in [1.807, 2.05) is 12.1 Å². The number of ether oxygens (including phenoxy) is 3. The molecule has 1 aromatic carbocycles. The molecule has 4 heteroatoms. The molecular formula is C13H19ClO3. The maximum atomic E-state index is 6.40. The van der Waals surface area contributed by atoms with Crippen LogP contribution in [0.3, 0.4) is 0 Å². The second-order valence-electron chi connectivity index (χ2n) is 4.09. The fourth-order valence-corrected chi connectivity index (χ4v) is 1.85. The molecule has 0 aliphatic heterocycles. The van der Waals surface area contributed by atoms with Crippen LogP contribution in [-0.4, -0.2) is 21.3 Å². The molecule has 0 radical (unpaired) electrons. The van der Waals surface area contributed by atoms with Gasteiger partial charge in [-0.15, -0.1) is 11.6 Å². The molecule has 17 heavy (non-hydrogen) atoms. The Labute approximate surface area is 108 Å². The van der Waals surface area contributed by atoms with E-state index < -0.39 is 0 Å². The van der Waals surface area contributed by atoms with Gasteiger partial charge in [0.2, 0.25) is 0 Å². The van der Waals surface area contributed by atoms with Gasteiger partial charge < -0.3 is 14.2 Å². The van der Waals surface area contributed by atoms with Crippen molar-refractivity contribution >= 4 is 11.6 Å². The average molecular weight is 259 g/mol. The number of halogens is 1. The second kappa shape index (κ2) is 6.01. The summed E-state index contributed by atoms with van der Waals surface area (Å²) in [6, 6.07) is 3.63. The van der Waals surface area contributed by atoms with E-state index in [9.17, 15) is 0 Å². The summed E-state index contributed by atoms with van der Waals surface area (Å²) in [5, 5.41) is -0.161. The Bertz CT molecular complexity index is 352. The van der Waals surface area contributed by atoms with Crippen molar-refractivity contribution in [1.29, 1.82) is 0 Å². The smallest absolute Gasteiger partial charge is 0.130 e. The van der Waals surface area contributed by atoms with Crippen molar-refractivity contribution in [1.82, 2.24) is 0 Å². The highest BCUT2D eigenvalue weighted by atomic mass is 35.5. The van der Waals surface area contributed by atoms with Crippen LogP contribution >= 0.6 is 11.6 Å². The molecule has 0 fully saturated rings. The number of alkyl halides is 1. The van der Waals surface area contributed by atoms with Crippen LogP contribution in [0.25, 0.3) is 0 Å². The summed E-state index contributed by atoms with van der Waals surface area (Å²) in [6.07, 6.45) is 0. The first kappa shape index (κ1) is 14.0. The molecule has 0 heterocycles. The van der Waals surface area contributed by atoms with Crippen LogP contribution in [0, 0.1) is 5.92 Å². The van der Waals surface area contributed by atoms with Gasteiger partial charge in [-0.3, -0.25) is 0 Å². The Balaban J connectivity index is 3.34. The summed E-state index contributed by atoms with van der Waals surface area (Å²) >= 11 is 6.40. The molecule has 0 aliphatic rings. The fourth-order valence-electron chi connectivity index (χ4n) is 1.64. The lowest BCUT2D eigenvalue weighted by molar-refractivity contribution is 0.364. The van der Waals surface area contributed by atoms with Gasteiger partial charge in [0.25, 0.3) is 0 Å². The first-order valence-corrected chi connectivity index (χ1v) is 5.92. The molecule has 0 spiro atoms. The van der Waals surface area contributed by atoms with Gasteiger partial charge in [0.05, 0.1) is 32.3 Å². The Morgan fingerprint density at radius 3 is 1.71 bits per heavy atom. The van der Waals surface area contributed by atoms with Crippen molar-refractivity contribution in [3.63, 3.8) is 0 Å². The van der Waals surface area contributed by atoms with Crippen LogP contribution in [0.4, 0.5) is 0 Å². The minimum absolute atomic E-state index is 0.161. The average Bonchev–Trinajstić information content (AvgIpc) is 2.35. The summed E-state index contributed by atoms with van der Waals surface area (Å²) in [5.41, 5.74) is 0.868. The van der Waals surface area contributed by atoms with Gasteiger partial charge in [0.1, 0.15) is 17.2 Å². The highest BCUT2D eigenvalue weighted by Crippen LogP contribution is 2.43. The molecule has 0 saturated carbocycles. The zero-order chi connectivity index (χ0) is 13.0. The van der Waals surface area contributed by atoms with E-state index in [0.29, 0.717) is 17.2 Å². The maximum absolute atomic E-state index is 6.40. The van der Waals surface area contributed by atoms with E-state index in [0.717, 1.165) is 5.56 Å². The van der Waals surface area contributed by atoms with Gasteiger partial charge in [-0.1, -0.05) is 13.8 Å². The van der Waals surface area contributed by atoms with Crippen LogP contribution in [0.15, 0.2) is 12.1 Å². The molecule has 0 N–H and O–H groups in total. The molecule has 1 unspecified atom stereocenters. The third-order valence-electron chi connectivity index (χ3n) is 2.61. The van der Waals surface area contributed by atoms with Gasteiger partial charge in [0, 0.05) is 12.1 Å². The van der Waals surface area contributed by atoms with E-state index in [1.165, 1.54) is 0 Å². The second-order valence-corrected chi connectivity index (χ2v) is 4.56. The Hall–Kier alpha value is -1.09. The van der Waals surface area contributed by atoms with Crippen LogP contribution < -0.4 is 14.2 Å². The van der Waals surface area contributed by atoms with Crippen LogP contribution in [-0.2, 0) is 0 Å². The number of hydrogen-bond acceptors (Lipinski definition) is 3. The quantitative estimate of drug-likeness (QED) is 0.755. The summed E-state index contributed by atoms with van der Waals surface area (Å²) < 4.78 is 15.9. The third kappa shape index (κ3) is 2.97. The molecule has 1 aromatic rings. The number of rotatable bonds is 5. The van der Waals surface area contributed by atoms with E-state index in [1.54, 1.807) is 21.3 Å². The van der Waals surface area contributed by atoms with Gasteiger partial charge in [-0.25, -0.2) is 0 Å². The van der Waals surface area contributed by atoms with Crippen LogP contribution in [0.2, 0.25) is 0 Å². The van der Waals surface area contributed by atoms with Crippen LogP contribution in [0.1, 0.15) is 24.8 Å². The number of methoxy groups -OCH3 is 3. The summed E-state index contributed by atoms with van der Waals surface area (Å²) in [7, 11) is 4.83. The van der Waals surface area contributed by atoms with Crippen molar-refractivity contribution in [2.45, 2.75) is 19.2 Å². The van der Waals surface area contributed by atoms with E-state index in [4.69, 9.17) is 25.8 Å². The molecule has 0 bridgehead atoms. The normalized spacial score (nSPS) is 12.4. The summed E-state index contributed by atoms with van der Waals surface area (Å²) in [5.74, 6) is 2.35. The largest absolute Gasteiger partial charge is 0.496 e. The molecule has 96 valence electrons. The van der Waals surface area contributed by atoms with E-state index in [2.05, 4.69) is 13.8 Å². The van der Waals surface area contributed by atoms with Gasteiger partial charge >= 0.3 is 0 Å². The van der Waals surface area contributed by atoms with Crippen molar-refractivity contribution in [2.24, 2.45) is 5.92 Å². The molecule has 0 aliphatic carbocycles. The minimum Gasteiger partial charge on any atom is -0.496 e. The molecule has 0 saturated heterocycles. The number of benzene rings is 1. The standard InChI is InChI=1S/C13H19ClO3/c1-8(2)13(14)12-10(16-4)6-9(15-3)7-11(12)17-5/h6-8,13H,1-5H3. The van der Waals surface area contributed by atoms with Gasteiger partial charge in [-0.05, 0) is 5.92 Å². The lowest BCUT2D eigenvalue weighted by atomic mass is 10.00. The van der Waals surface area contributed by atoms with Crippen molar-refractivity contribution < 1.29 is 14.2 Å². The van der Waals surface area contributed by atoms with E-state index in [-0.39, 0.29) is 11.3 Å². The molecule has 0 aromatic heterocycles. The highest BCUT2D eigenvalue weighted by molar-refractivity contribution is 6.21. The predicted octanol–water partition coefficient (Wildman–Crippen LogP) is 3.65. The first-order valence-electron chi connectivity index (χ1n) is 5.49. The van der Waals surface area contributed by atoms with Crippen molar-refractivity contribution in [3.8, 4) is 17.2 Å². The number of hydrogen-bond donors (Lipinski definition) is 0. The van der Waals surface area contributed by atoms with Gasteiger partial charge in [0.15, 0.2) is 0 Å². The Kier molecular flexibility index (Phi) is 4.94. The monoisotopic (exact) mass is 258 g/mol. The minimum atomic E-state index is -0.161. The SMILES string of the molecule is COc1cc(OC)c(C(Cl)C(C)C)c(OC)c1. The van der Waals surface area contributed by atoms with Crippen molar-refractivity contribution in [2.75, 3.05) is 21.3 Å². The highest BCUT2D eigenvalue weighted by Gasteiger charge is 2.23. The maximum Gasteiger partial charge on any atom is 0.130 e. The Morgan fingerprint density at radius 1 is 0.941 bits per heavy atom. The molecular weight excluding hydrogens is 240 g/mol. The van der Waals surface area contributed by atoms with Crippen LogP contribution in [0.5, 0.6) is 17.2 Å².